The van der Waals surface area contributed by atoms with E-state index in [4.69, 9.17) is 0 Å². The van der Waals surface area contributed by atoms with Crippen molar-refractivity contribution >= 4 is 10.9 Å². The van der Waals surface area contributed by atoms with Gasteiger partial charge in [-0.2, -0.15) is 0 Å². The summed E-state index contributed by atoms with van der Waals surface area (Å²) in [6.45, 7) is 0. The van der Waals surface area contributed by atoms with Gasteiger partial charge in [0.05, 0.1) is 0 Å². The van der Waals surface area contributed by atoms with Crippen LogP contribution in [0.4, 0.5) is 0 Å². The molecule has 0 saturated heterocycles. The highest BCUT2D eigenvalue weighted by atomic mass is 32.2. The fourth-order valence-electron chi connectivity index (χ4n) is 1.73. The molecule has 1 rings (SSSR count). The Morgan fingerprint density at radius 3 is 2.77 bits per heavy atom. The summed E-state index contributed by atoms with van der Waals surface area (Å²) in [6.07, 6.45) is 4.54. The highest BCUT2D eigenvalue weighted by molar-refractivity contribution is 7.69. The first-order valence-corrected chi connectivity index (χ1v) is 5.65. The molecule has 1 N–H and O–H groups in total. The van der Waals surface area contributed by atoms with E-state index in [0.717, 1.165) is 12.8 Å². The molecule has 1 aliphatic rings. The average molecular weight is 205 g/mol. The molecule has 4 nitrogen and oxygen atoms in total. The monoisotopic (exact) mass is 205 g/mol. The average Bonchev–Trinajstić information content (AvgIpc) is 2.18. The third-order valence-corrected chi connectivity index (χ3v) is 3.19. The smallest absolute Gasteiger partial charge is 0.0411 e. The number of rotatable bonds is 3. The predicted molar refractivity (Wildman–Crippen MR) is 52.6 cm³/mol. The second-order valence-electron chi connectivity index (χ2n) is 3.24. The van der Waals surface area contributed by atoms with E-state index in [1.54, 1.807) is 0 Å². The third-order valence-electron chi connectivity index (χ3n) is 2.46. The predicted octanol–water partition coefficient (Wildman–Crippen LogP) is 1.23. The molecule has 2 atom stereocenters. The van der Waals surface area contributed by atoms with Crippen LogP contribution in [-0.4, -0.2) is 26.2 Å². The zero-order valence-electron chi connectivity index (χ0n) is 8.16. The Kier molecular flexibility index (Phi) is 4.69. The molecule has 1 aliphatic carbocycles. The number of likely N-dealkylation sites (N-methyl/N-ethyl adjacent to an activating group) is 1. The molecule has 13 heavy (non-hydrogen) atoms. The molecule has 0 bridgehead atoms. The summed E-state index contributed by atoms with van der Waals surface area (Å²) < 4.78 is 19.8. The molecule has 78 valence electrons. The summed E-state index contributed by atoms with van der Waals surface area (Å²) in [7, 11) is 1.88. The lowest BCUT2D eigenvalue weighted by atomic mass is 9.91. The number of hydrogen-bond acceptors (Lipinski definition) is 5. The van der Waals surface area contributed by atoms with Crippen molar-refractivity contribution in [1.82, 2.24) is 5.32 Å². The fourth-order valence-corrected chi connectivity index (χ4v) is 2.29. The van der Waals surface area contributed by atoms with E-state index in [1.165, 1.54) is 20.0 Å². The molecule has 0 aromatic carbocycles. The van der Waals surface area contributed by atoms with Crippen molar-refractivity contribution in [3.8, 4) is 0 Å². The molecular formula is C8H17N2O2S-. The first kappa shape index (κ1) is 10.9. The van der Waals surface area contributed by atoms with Crippen LogP contribution < -0.4 is 5.32 Å². The Balaban J connectivity index is 2.59. The second kappa shape index (κ2) is 5.57. The maximum atomic E-state index is 11.0. The minimum atomic E-state index is -1.46. The maximum Gasteiger partial charge on any atom is 0.0411 e. The van der Waals surface area contributed by atoms with Crippen LogP contribution >= 0.6 is 0 Å². The van der Waals surface area contributed by atoms with Crippen LogP contribution in [0.3, 0.4) is 0 Å². The van der Waals surface area contributed by atoms with Crippen LogP contribution in [0.25, 0.3) is 0 Å². The minimum Gasteiger partial charge on any atom is -0.441 e. The highest BCUT2D eigenvalue weighted by Gasteiger charge is 2.20. The topological polar surface area (TPSA) is 50.7 Å². The number of hydrogen-bond donors (Lipinski definition) is 1. The highest BCUT2D eigenvalue weighted by Crippen LogP contribution is 2.21. The van der Waals surface area contributed by atoms with Crippen LogP contribution in [0.1, 0.15) is 25.7 Å². The Morgan fingerprint density at radius 2 is 2.15 bits per heavy atom. The summed E-state index contributed by atoms with van der Waals surface area (Å²) in [5, 5.41) is 3.20. The quantitative estimate of drug-likeness (QED) is 0.705. The van der Waals surface area contributed by atoms with Crippen LogP contribution in [0.5, 0.6) is 0 Å². The van der Waals surface area contributed by atoms with Gasteiger partial charge in [-0.1, -0.05) is 23.7 Å². The minimum absolute atomic E-state index is 0.152. The lowest BCUT2D eigenvalue weighted by Crippen LogP contribution is -2.39. The number of nitrogens with one attached hydrogen (secondary N) is 1. The van der Waals surface area contributed by atoms with Crippen molar-refractivity contribution in [2.45, 2.75) is 37.8 Å². The van der Waals surface area contributed by atoms with Crippen molar-refractivity contribution in [3.63, 3.8) is 0 Å². The summed E-state index contributed by atoms with van der Waals surface area (Å²) in [5.74, 6) is 0. The van der Waals surface area contributed by atoms with Gasteiger partial charge in [0, 0.05) is 19.2 Å². The third kappa shape index (κ3) is 3.25. The van der Waals surface area contributed by atoms with Gasteiger partial charge in [-0.3, -0.25) is 0 Å². The van der Waals surface area contributed by atoms with Crippen molar-refractivity contribution in [2.75, 3.05) is 14.2 Å². The Labute approximate surface area is 81.5 Å². The van der Waals surface area contributed by atoms with E-state index >= 15 is 0 Å². The number of nitrogens with zero attached hydrogens (tertiary/aromatic N) is 1. The van der Waals surface area contributed by atoms with Crippen molar-refractivity contribution < 1.29 is 8.39 Å². The van der Waals surface area contributed by atoms with Crippen LogP contribution in [0, 0.1) is 0 Å². The second-order valence-corrected chi connectivity index (χ2v) is 4.21. The summed E-state index contributed by atoms with van der Waals surface area (Å²) in [5.41, 5.74) is 0. The Bertz CT molecular complexity index is 226. The zero-order valence-corrected chi connectivity index (χ0v) is 8.97. The van der Waals surface area contributed by atoms with E-state index < -0.39 is 10.9 Å². The van der Waals surface area contributed by atoms with E-state index in [0.29, 0.717) is 6.04 Å². The molecule has 0 aromatic rings. The van der Waals surface area contributed by atoms with Gasteiger partial charge in [0.2, 0.25) is 0 Å². The van der Waals surface area contributed by atoms with Crippen LogP contribution in [0.2, 0.25) is 0 Å². The van der Waals surface area contributed by atoms with E-state index in [-0.39, 0.29) is 6.04 Å². The van der Waals surface area contributed by atoms with Gasteiger partial charge in [-0.05, 0) is 19.9 Å². The molecule has 0 radical (unpaired) electrons. The maximum absolute atomic E-state index is 11.0. The van der Waals surface area contributed by atoms with Gasteiger partial charge >= 0.3 is 0 Å². The van der Waals surface area contributed by atoms with Gasteiger partial charge in [-0.15, -0.1) is 0 Å². The Morgan fingerprint density at radius 1 is 1.46 bits per heavy atom. The van der Waals surface area contributed by atoms with E-state index in [2.05, 4.69) is 13.9 Å². The normalized spacial score (nSPS) is 31.8. The zero-order chi connectivity index (χ0) is 9.68. The molecule has 2 unspecified atom stereocenters. The van der Waals surface area contributed by atoms with Gasteiger partial charge < -0.3 is 18.1 Å². The largest absolute Gasteiger partial charge is 0.441 e. The molecular weight excluding hydrogens is 188 g/mol. The van der Waals surface area contributed by atoms with E-state index in [1.807, 2.05) is 7.05 Å². The first-order valence-electron chi connectivity index (χ1n) is 4.62. The lowest BCUT2D eigenvalue weighted by Gasteiger charge is -2.30. The first-order chi connectivity index (χ1) is 6.27. The molecule has 0 spiro atoms. The molecule has 5 heteroatoms. The molecule has 1 saturated carbocycles. The Hall–Kier alpha value is -0.130. The lowest BCUT2D eigenvalue weighted by molar-refractivity contribution is 0.343. The molecule has 0 heterocycles. The standard InChI is InChI=1S/C8H17N2O2S/c1-9-7-5-3-4-6-8(7)10-13(11)12-2/h7-9H,3-6H2,1-2H3/q-1. The van der Waals surface area contributed by atoms with Crippen molar-refractivity contribution in [1.29, 1.82) is 0 Å². The van der Waals surface area contributed by atoms with Crippen LogP contribution in [-0.2, 0) is 19.3 Å². The summed E-state index contributed by atoms with van der Waals surface area (Å²) in [6, 6.07) is 0.521. The van der Waals surface area contributed by atoms with Crippen LogP contribution in [0.15, 0.2) is 4.36 Å². The fraction of sp³-hybridized carbons (Fsp3) is 1.00. The summed E-state index contributed by atoms with van der Waals surface area (Å²) >= 11 is 0. The van der Waals surface area contributed by atoms with Gasteiger partial charge in [0.15, 0.2) is 0 Å². The van der Waals surface area contributed by atoms with Crippen molar-refractivity contribution in [3.05, 3.63) is 0 Å². The van der Waals surface area contributed by atoms with Gasteiger partial charge in [0.1, 0.15) is 0 Å². The van der Waals surface area contributed by atoms with E-state index in [9.17, 15) is 4.21 Å². The molecule has 0 amide bonds. The molecule has 0 aromatic heterocycles. The molecule has 0 aliphatic heterocycles. The molecule has 1 fully saturated rings. The van der Waals surface area contributed by atoms with Crippen molar-refractivity contribution in [2.24, 2.45) is 4.36 Å². The SMILES string of the molecule is CNC1CCCCC1N=[S-](=O)OC. The summed E-state index contributed by atoms with van der Waals surface area (Å²) in [4.78, 5) is 0. The van der Waals surface area contributed by atoms with Gasteiger partial charge in [-0.25, -0.2) is 0 Å². The van der Waals surface area contributed by atoms with Gasteiger partial charge in [0.25, 0.3) is 0 Å².